The molecule has 1 heterocycles. The van der Waals surface area contributed by atoms with Crippen molar-refractivity contribution in [1.82, 2.24) is 10.3 Å². The number of aryl methyl sites for hydroxylation is 1. The second-order valence-electron chi connectivity index (χ2n) is 7.52. The maximum Gasteiger partial charge on any atom is 0.255 e. The smallest absolute Gasteiger partial charge is 0.255 e. The van der Waals surface area contributed by atoms with Gasteiger partial charge in [0.1, 0.15) is 0 Å². The lowest BCUT2D eigenvalue weighted by Crippen LogP contribution is -2.31. The lowest BCUT2D eigenvalue weighted by atomic mass is 9.83. The molecule has 0 spiro atoms. The number of pyridine rings is 1. The standard InChI is InChI=1S/C19H23N3O3S/c1-19(2)9-7-13-5-3-4-6-15(13)16(12-19)22-18(23)14-8-10-21-17(11-14)26(20,24)25/h3-6,8,10-11,16H,7,9,12H2,1-2H3,(H,22,23)(H2,20,24,25). The zero-order valence-electron chi connectivity index (χ0n) is 14.9. The first-order valence-electron chi connectivity index (χ1n) is 8.53. The highest BCUT2D eigenvalue weighted by Gasteiger charge is 2.30. The Kier molecular flexibility index (Phi) is 4.86. The Labute approximate surface area is 153 Å². The van der Waals surface area contributed by atoms with Gasteiger partial charge < -0.3 is 5.32 Å². The zero-order chi connectivity index (χ0) is 18.9. The average molecular weight is 373 g/mol. The molecular formula is C19H23N3O3S. The molecule has 1 unspecified atom stereocenters. The normalized spacial score (nSPS) is 19.3. The molecular weight excluding hydrogens is 350 g/mol. The molecule has 2 aromatic rings. The van der Waals surface area contributed by atoms with Gasteiger partial charge in [-0.15, -0.1) is 0 Å². The van der Waals surface area contributed by atoms with E-state index in [2.05, 4.69) is 30.2 Å². The van der Waals surface area contributed by atoms with Crippen LogP contribution < -0.4 is 10.5 Å². The van der Waals surface area contributed by atoms with Gasteiger partial charge in [-0.3, -0.25) is 4.79 Å². The molecule has 1 aliphatic carbocycles. The van der Waals surface area contributed by atoms with E-state index in [0.717, 1.165) is 24.8 Å². The van der Waals surface area contributed by atoms with Gasteiger partial charge in [-0.05, 0) is 47.9 Å². The fourth-order valence-electron chi connectivity index (χ4n) is 3.42. The Morgan fingerprint density at radius 2 is 2.00 bits per heavy atom. The maximum atomic E-state index is 12.8. The van der Waals surface area contributed by atoms with Crippen LogP contribution in [-0.2, 0) is 16.4 Å². The molecule has 1 aliphatic rings. The number of hydrogen-bond acceptors (Lipinski definition) is 4. The van der Waals surface area contributed by atoms with E-state index >= 15 is 0 Å². The SMILES string of the molecule is CC1(C)CCc2ccccc2C(NC(=O)c2ccnc(S(N)(=O)=O)c2)C1. The summed E-state index contributed by atoms with van der Waals surface area (Å²) in [4.78, 5) is 16.5. The second-order valence-corrected chi connectivity index (χ2v) is 9.03. The predicted octanol–water partition coefficient (Wildman–Crippen LogP) is 2.56. The Morgan fingerprint density at radius 3 is 2.73 bits per heavy atom. The molecule has 3 N–H and O–H groups in total. The number of rotatable bonds is 3. The summed E-state index contributed by atoms with van der Waals surface area (Å²) in [5.74, 6) is -0.338. The topological polar surface area (TPSA) is 102 Å². The van der Waals surface area contributed by atoms with Crippen molar-refractivity contribution in [1.29, 1.82) is 0 Å². The van der Waals surface area contributed by atoms with E-state index in [1.54, 1.807) is 0 Å². The molecule has 0 saturated heterocycles. The minimum absolute atomic E-state index is 0.0843. The van der Waals surface area contributed by atoms with Crippen LogP contribution in [0.1, 0.15) is 54.2 Å². The number of primary sulfonamides is 1. The quantitative estimate of drug-likeness (QED) is 0.807. The molecule has 0 bridgehead atoms. The fraction of sp³-hybridized carbons (Fsp3) is 0.368. The molecule has 1 aromatic heterocycles. The minimum Gasteiger partial charge on any atom is -0.345 e. The molecule has 0 saturated carbocycles. The summed E-state index contributed by atoms with van der Waals surface area (Å²) < 4.78 is 23.0. The molecule has 1 amide bonds. The van der Waals surface area contributed by atoms with E-state index in [-0.39, 0.29) is 28.0 Å². The number of benzene rings is 1. The lowest BCUT2D eigenvalue weighted by Gasteiger charge is -2.27. The van der Waals surface area contributed by atoms with Crippen molar-refractivity contribution in [3.05, 3.63) is 59.3 Å². The molecule has 0 aliphatic heterocycles. The van der Waals surface area contributed by atoms with E-state index in [0.29, 0.717) is 0 Å². The Balaban J connectivity index is 1.91. The summed E-state index contributed by atoms with van der Waals surface area (Å²) >= 11 is 0. The van der Waals surface area contributed by atoms with Gasteiger partial charge in [0.15, 0.2) is 5.03 Å². The molecule has 1 aromatic carbocycles. The van der Waals surface area contributed by atoms with E-state index in [4.69, 9.17) is 5.14 Å². The number of hydrogen-bond donors (Lipinski definition) is 2. The van der Waals surface area contributed by atoms with Crippen molar-refractivity contribution in [2.75, 3.05) is 0 Å². The summed E-state index contributed by atoms with van der Waals surface area (Å²) in [5, 5.41) is 7.86. The van der Waals surface area contributed by atoms with Crippen LogP contribution in [0.3, 0.4) is 0 Å². The number of amides is 1. The van der Waals surface area contributed by atoms with Crippen molar-refractivity contribution in [2.45, 2.75) is 44.2 Å². The molecule has 1 atom stereocenters. The third-order valence-electron chi connectivity index (χ3n) is 4.85. The first-order valence-corrected chi connectivity index (χ1v) is 10.1. The van der Waals surface area contributed by atoms with E-state index in [9.17, 15) is 13.2 Å². The zero-order valence-corrected chi connectivity index (χ0v) is 15.7. The molecule has 7 heteroatoms. The first kappa shape index (κ1) is 18.5. The van der Waals surface area contributed by atoms with Crippen LogP contribution in [0.4, 0.5) is 0 Å². The molecule has 6 nitrogen and oxygen atoms in total. The highest BCUT2D eigenvalue weighted by molar-refractivity contribution is 7.89. The van der Waals surface area contributed by atoms with Crippen LogP contribution in [0, 0.1) is 5.41 Å². The third kappa shape index (κ3) is 4.11. The molecule has 3 rings (SSSR count). The van der Waals surface area contributed by atoms with Crippen molar-refractivity contribution < 1.29 is 13.2 Å². The van der Waals surface area contributed by atoms with Gasteiger partial charge >= 0.3 is 0 Å². The summed E-state index contributed by atoms with van der Waals surface area (Å²) in [5.41, 5.74) is 2.67. The van der Waals surface area contributed by atoms with Gasteiger partial charge in [0, 0.05) is 11.8 Å². The maximum absolute atomic E-state index is 12.8. The molecule has 0 radical (unpaired) electrons. The number of nitrogens with two attached hydrogens (primary N) is 1. The average Bonchev–Trinajstić information content (AvgIpc) is 2.71. The van der Waals surface area contributed by atoms with Gasteiger partial charge in [-0.25, -0.2) is 18.5 Å². The van der Waals surface area contributed by atoms with Crippen LogP contribution in [0.5, 0.6) is 0 Å². The monoisotopic (exact) mass is 373 g/mol. The lowest BCUT2D eigenvalue weighted by molar-refractivity contribution is 0.0924. The molecule has 138 valence electrons. The minimum atomic E-state index is -3.96. The van der Waals surface area contributed by atoms with E-state index < -0.39 is 10.0 Å². The predicted molar refractivity (Wildman–Crippen MR) is 99.0 cm³/mol. The number of nitrogens with zero attached hydrogens (tertiary/aromatic N) is 1. The van der Waals surface area contributed by atoms with E-state index in [1.165, 1.54) is 23.9 Å². The first-order chi connectivity index (χ1) is 12.2. The number of nitrogens with one attached hydrogen (secondary N) is 1. The largest absolute Gasteiger partial charge is 0.345 e. The van der Waals surface area contributed by atoms with Crippen molar-refractivity contribution in [2.24, 2.45) is 10.6 Å². The summed E-state index contributed by atoms with van der Waals surface area (Å²) in [6.45, 7) is 4.40. The van der Waals surface area contributed by atoms with Gasteiger partial charge in [0.25, 0.3) is 15.9 Å². The Bertz CT molecular complexity index is 939. The number of carbonyl (C=O) groups is 1. The molecule has 0 fully saturated rings. The summed E-state index contributed by atoms with van der Waals surface area (Å²) in [6.07, 6.45) is 4.10. The van der Waals surface area contributed by atoms with Crippen LogP contribution in [-0.4, -0.2) is 19.3 Å². The highest BCUT2D eigenvalue weighted by atomic mass is 32.2. The van der Waals surface area contributed by atoms with Crippen LogP contribution in [0.15, 0.2) is 47.6 Å². The van der Waals surface area contributed by atoms with Gasteiger partial charge in [-0.2, -0.15) is 0 Å². The van der Waals surface area contributed by atoms with Crippen molar-refractivity contribution in [3.8, 4) is 0 Å². The fourth-order valence-corrected chi connectivity index (χ4v) is 3.92. The third-order valence-corrected chi connectivity index (χ3v) is 5.66. The number of fused-ring (bicyclic) bond motifs is 1. The highest BCUT2D eigenvalue weighted by Crippen LogP contribution is 2.39. The Hall–Kier alpha value is -2.25. The summed E-state index contributed by atoms with van der Waals surface area (Å²) in [7, 11) is -3.96. The van der Waals surface area contributed by atoms with Crippen molar-refractivity contribution >= 4 is 15.9 Å². The molecule has 26 heavy (non-hydrogen) atoms. The van der Waals surface area contributed by atoms with Crippen LogP contribution in [0.2, 0.25) is 0 Å². The van der Waals surface area contributed by atoms with Gasteiger partial charge in [0.05, 0.1) is 6.04 Å². The van der Waals surface area contributed by atoms with E-state index in [1.807, 2.05) is 18.2 Å². The van der Waals surface area contributed by atoms with Crippen LogP contribution in [0.25, 0.3) is 0 Å². The van der Waals surface area contributed by atoms with Crippen molar-refractivity contribution in [3.63, 3.8) is 0 Å². The second kappa shape index (κ2) is 6.81. The van der Waals surface area contributed by atoms with Gasteiger partial charge in [0.2, 0.25) is 0 Å². The summed E-state index contributed by atoms with van der Waals surface area (Å²) in [6, 6.07) is 10.7. The van der Waals surface area contributed by atoms with Crippen LogP contribution >= 0.6 is 0 Å². The number of sulfonamides is 1. The Morgan fingerprint density at radius 1 is 1.27 bits per heavy atom. The number of aromatic nitrogens is 1. The van der Waals surface area contributed by atoms with Gasteiger partial charge in [-0.1, -0.05) is 38.1 Å². The number of carbonyl (C=O) groups excluding carboxylic acids is 1.